The van der Waals surface area contributed by atoms with Gasteiger partial charge in [-0.25, -0.2) is 0 Å². The van der Waals surface area contributed by atoms with E-state index in [9.17, 15) is 4.79 Å². The molecule has 0 atom stereocenters. The predicted molar refractivity (Wildman–Crippen MR) is 77.7 cm³/mol. The number of thiophene rings is 1. The van der Waals surface area contributed by atoms with E-state index in [2.05, 4.69) is 22.4 Å². The number of ketones is 1. The van der Waals surface area contributed by atoms with Gasteiger partial charge in [0.25, 0.3) is 0 Å². The third-order valence-electron chi connectivity index (χ3n) is 2.97. The van der Waals surface area contributed by atoms with Crippen LogP contribution in [0.3, 0.4) is 0 Å². The second-order valence-electron chi connectivity index (χ2n) is 4.32. The van der Waals surface area contributed by atoms with Crippen LogP contribution >= 0.6 is 11.3 Å². The normalized spacial score (nSPS) is 10.3. The van der Waals surface area contributed by atoms with E-state index >= 15 is 0 Å². The van der Waals surface area contributed by atoms with Gasteiger partial charge in [-0.2, -0.15) is 0 Å². The molecule has 0 aliphatic rings. The summed E-state index contributed by atoms with van der Waals surface area (Å²) in [6, 6.07) is 12.0. The van der Waals surface area contributed by atoms with Crippen molar-refractivity contribution in [3.05, 3.63) is 52.2 Å². The molecule has 0 aliphatic carbocycles. The summed E-state index contributed by atoms with van der Waals surface area (Å²) in [5.41, 5.74) is 1.81. The van der Waals surface area contributed by atoms with Crippen LogP contribution in [0.4, 0.5) is 5.69 Å². The smallest absolute Gasteiger partial charge is 0.161 e. The summed E-state index contributed by atoms with van der Waals surface area (Å²) in [6.45, 7) is 2.54. The second kappa shape index (κ2) is 5.83. The van der Waals surface area contributed by atoms with Crippen LogP contribution in [0, 0.1) is 0 Å². The molecule has 3 heteroatoms. The zero-order valence-corrected chi connectivity index (χ0v) is 11.5. The highest BCUT2D eigenvalue weighted by Gasteiger charge is 2.10. The largest absolute Gasteiger partial charge is 0.374 e. The van der Waals surface area contributed by atoms with Gasteiger partial charge in [-0.1, -0.05) is 18.2 Å². The van der Waals surface area contributed by atoms with Gasteiger partial charge in [-0.15, -0.1) is 11.3 Å². The van der Waals surface area contributed by atoms with E-state index in [4.69, 9.17) is 0 Å². The number of likely N-dealkylation sites (N-methyl/N-ethyl adjacent to an activating group) is 1. The van der Waals surface area contributed by atoms with Crippen molar-refractivity contribution in [2.75, 3.05) is 18.5 Å². The van der Waals surface area contributed by atoms with Crippen molar-refractivity contribution >= 4 is 22.8 Å². The molecular formula is C15H17NOS. The molecule has 0 saturated heterocycles. The van der Waals surface area contributed by atoms with Crippen LogP contribution in [-0.4, -0.2) is 19.4 Å². The van der Waals surface area contributed by atoms with Crippen molar-refractivity contribution in [1.29, 1.82) is 0 Å². The lowest BCUT2D eigenvalue weighted by molar-refractivity contribution is 0.101. The van der Waals surface area contributed by atoms with E-state index in [1.807, 2.05) is 31.3 Å². The number of carbonyl (C=O) groups is 1. The zero-order chi connectivity index (χ0) is 13.0. The number of Topliss-reactive ketones (excluding diaryl/α,β-unsaturated/α-hetero) is 1. The summed E-state index contributed by atoms with van der Waals surface area (Å²) in [7, 11) is 2.04. The number of rotatable bonds is 5. The van der Waals surface area contributed by atoms with Gasteiger partial charge in [0.15, 0.2) is 5.78 Å². The van der Waals surface area contributed by atoms with Crippen LogP contribution < -0.4 is 4.90 Å². The van der Waals surface area contributed by atoms with Gasteiger partial charge >= 0.3 is 0 Å². The highest BCUT2D eigenvalue weighted by molar-refractivity contribution is 7.09. The minimum atomic E-state index is 0.119. The van der Waals surface area contributed by atoms with Crippen LogP contribution in [0.1, 0.15) is 22.2 Å². The SMILES string of the molecule is CC(=O)c1ccccc1N(C)CCc1cccs1. The maximum Gasteiger partial charge on any atom is 0.161 e. The average molecular weight is 259 g/mol. The topological polar surface area (TPSA) is 20.3 Å². The molecule has 0 saturated carbocycles. The fourth-order valence-corrected chi connectivity index (χ4v) is 2.66. The summed E-state index contributed by atoms with van der Waals surface area (Å²) in [5, 5.41) is 2.10. The third kappa shape index (κ3) is 2.99. The predicted octanol–water partition coefficient (Wildman–Crippen LogP) is 3.63. The summed E-state index contributed by atoms with van der Waals surface area (Å²) >= 11 is 1.78. The Morgan fingerprint density at radius 2 is 2.00 bits per heavy atom. The molecule has 0 N–H and O–H groups in total. The minimum Gasteiger partial charge on any atom is -0.374 e. The Morgan fingerprint density at radius 3 is 2.67 bits per heavy atom. The molecule has 2 rings (SSSR count). The van der Waals surface area contributed by atoms with Gasteiger partial charge in [0.2, 0.25) is 0 Å². The Kier molecular flexibility index (Phi) is 4.15. The Labute approximate surface area is 112 Å². The minimum absolute atomic E-state index is 0.119. The molecule has 0 aliphatic heterocycles. The first-order valence-electron chi connectivity index (χ1n) is 6.02. The number of anilines is 1. The molecule has 1 aromatic carbocycles. The van der Waals surface area contributed by atoms with Crippen molar-refractivity contribution in [3.63, 3.8) is 0 Å². The van der Waals surface area contributed by atoms with Crippen molar-refractivity contribution in [3.8, 4) is 0 Å². The van der Waals surface area contributed by atoms with Crippen LogP contribution in [-0.2, 0) is 6.42 Å². The Balaban J connectivity index is 2.09. The molecule has 2 nitrogen and oxygen atoms in total. The summed E-state index contributed by atoms with van der Waals surface area (Å²) in [5.74, 6) is 0.119. The molecular weight excluding hydrogens is 242 g/mol. The first kappa shape index (κ1) is 12.8. The quantitative estimate of drug-likeness (QED) is 0.764. The summed E-state index contributed by atoms with van der Waals surface area (Å²) in [4.78, 5) is 15.1. The second-order valence-corrected chi connectivity index (χ2v) is 5.36. The lowest BCUT2D eigenvalue weighted by atomic mass is 10.1. The fourth-order valence-electron chi connectivity index (χ4n) is 1.96. The molecule has 18 heavy (non-hydrogen) atoms. The molecule has 0 radical (unpaired) electrons. The van der Waals surface area contributed by atoms with Crippen LogP contribution in [0.25, 0.3) is 0 Å². The lowest BCUT2D eigenvalue weighted by Gasteiger charge is -2.21. The maximum absolute atomic E-state index is 11.6. The van der Waals surface area contributed by atoms with E-state index in [-0.39, 0.29) is 5.78 Å². The number of para-hydroxylation sites is 1. The molecule has 0 unspecified atom stereocenters. The van der Waals surface area contributed by atoms with Gasteiger partial charge in [0, 0.05) is 29.7 Å². The molecule has 0 spiro atoms. The van der Waals surface area contributed by atoms with Gasteiger partial charge in [-0.3, -0.25) is 4.79 Å². The first-order chi connectivity index (χ1) is 8.68. The summed E-state index contributed by atoms with van der Waals surface area (Å²) < 4.78 is 0. The van der Waals surface area contributed by atoms with Crippen molar-refractivity contribution < 1.29 is 4.79 Å². The number of carbonyl (C=O) groups excluding carboxylic acids is 1. The van der Waals surface area contributed by atoms with E-state index in [1.165, 1.54) is 4.88 Å². The molecule has 94 valence electrons. The van der Waals surface area contributed by atoms with Gasteiger partial charge in [0.1, 0.15) is 0 Å². The Hall–Kier alpha value is -1.61. The first-order valence-corrected chi connectivity index (χ1v) is 6.90. The standard InChI is InChI=1S/C15H17NOS/c1-12(17)14-7-3-4-8-15(14)16(2)10-9-13-6-5-11-18-13/h3-8,11H,9-10H2,1-2H3. The Bertz CT molecular complexity index is 519. The average Bonchev–Trinajstić information content (AvgIpc) is 2.89. The van der Waals surface area contributed by atoms with Crippen molar-refractivity contribution in [1.82, 2.24) is 0 Å². The summed E-state index contributed by atoms with van der Waals surface area (Å²) in [6.07, 6.45) is 1.01. The van der Waals surface area contributed by atoms with E-state index in [1.54, 1.807) is 18.3 Å². The van der Waals surface area contributed by atoms with Crippen LogP contribution in [0.15, 0.2) is 41.8 Å². The molecule has 1 aromatic heterocycles. The van der Waals surface area contributed by atoms with Gasteiger partial charge < -0.3 is 4.90 Å². The highest BCUT2D eigenvalue weighted by Crippen LogP contribution is 2.20. The molecule has 1 heterocycles. The van der Waals surface area contributed by atoms with E-state index in [0.717, 1.165) is 24.2 Å². The van der Waals surface area contributed by atoms with Crippen LogP contribution in [0.5, 0.6) is 0 Å². The van der Waals surface area contributed by atoms with E-state index in [0.29, 0.717) is 0 Å². The molecule has 0 fully saturated rings. The number of hydrogen-bond acceptors (Lipinski definition) is 3. The molecule has 2 aromatic rings. The monoisotopic (exact) mass is 259 g/mol. The van der Waals surface area contributed by atoms with E-state index < -0.39 is 0 Å². The number of hydrogen-bond donors (Lipinski definition) is 0. The van der Waals surface area contributed by atoms with Gasteiger partial charge in [0.05, 0.1) is 0 Å². The number of nitrogens with zero attached hydrogens (tertiary/aromatic N) is 1. The number of benzene rings is 1. The molecule has 0 amide bonds. The third-order valence-corrected chi connectivity index (χ3v) is 3.90. The van der Waals surface area contributed by atoms with Crippen molar-refractivity contribution in [2.45, 2.75) is 13.3 Å². The van der Waals surface area contributed by atoms with Gasteiger partial charge in [-0.05, 0) is 36.9 Å². The van der Waals surface area contributed by atoms with Crippen LogP contribution in [0.2, 0.25) is 0 Å². The van der Waals surface area contributed by atoms with Crippen molar-refractivity contribution in [2.24, 2.45) is 0 Å². The fraction of sp³-hybridized carbons (Fsp3) is 0.267. The lowest BCUT2D eigenvalue weighted by Crippen LogP contribution is -2.22. The highest BCUT2D eigenvalue weighted by atomic mass is 32.1. The Morgan fingerprint density at radius 1 is 1.22 bits per heavy atom. The zero-order valence-electron chi connectivity index (χ0n) is 10.7. The maximum atomic E-state index is 11.6. The molecule has 0 bridgehead atoms.